The zero-order valence-corrected chi connectivity index (χ0v) is 7.75. The Morgan fingerprint density at radius 1 is 1.67 bits per heavy atom. The summed E-state index contributed by atoms with van der Waals surface area (Å²) in [5.41, 5.74) is 0. The maximum absolute atomic E-state index is 5.99. The van der Waals surface area contributed by atoms with E-state index in [1.807, 2.05) is 12.1 Å². The molecule has 3 heteroatoms. The highest BCUT2D eigenvalue weighted by atomic mass is 35.5. The first-order valence-electron chi connectivity index (χ1n) is 4.16. The van der Waals surface area contributed by atoms with Gasteiger partial charge in [-0.05, 0) is 25.5 Å². The van der Waals surface area contributed by atoms with Crippen molar-refractivity contribution >= 4 is 17.4 Å². The maximum Gasteiger partial charge on any atom is 0.147 e. The molecule has 0 N–H and O–H groups in total. The zero-order valence-electron chi connectivity index (χ0n) is 7.00. The van der Waals surface area contributed by atoms with Crippen LogP contribution in [0.1, 0.15) is 13.3 Å². The van der Waals surface area contributed by atoms with Crippen LogP contribution in [0.5, 0.6) is 0 Å². The molecule has 1 aromatic heterocycles. The van der Waals surface area contributed by atoms with E-state index in [1.165, 1.54) is 6.42 Å². The van der Waals surface area contributed by atoms with Crippen molar-refractivity contribution in [2.24, 2.45) is 0 Å². The number of hydrogen-bond donors (Lipinski definition) is 0. The largest absolute Gasteiger partial charge is 0.353 e. The molecular weight excluding hydrogens is 172 g/mol. The number of hydrogen-bond acceptors (Lipinski definition) is 2. The van der Waals surface area contributed by atoms with E-state index in [0.717, 1.165) is 17.4 Å². The molecule has 0 radical (unpaired) electrons. The highest BCUT2D eigenvalue weighted by molar-refractivity contribution is 6.32. The molecule has 64 valence electrons. The van der Waals surface area contributed by atoms with Gasteiger partial charge in [-0.3, -0.25) is 0 Å². The van der Waals surface area contributed by atoms with Crippen molar-refractivity contribution in [3.63, 3.8) is 0 Å². The van der Waals surface area contributed by atoms with Crippen molar-refractivity contribution in [3.8, 4) is 0 Å². The highest BCUT2D eigenvalue weighted by Gasteiger charge is 2.25. The Balaban J connectivity index is 2.27. The van der Waals surface area contributed by atoms with E-state index in [9.17, 15) is 0 Å². The number of rotatable bonds is 1. The van der Waals surface area contributed by atoms with Gasteiger partial charge in [0, 0.05) is 18.8 Å². The summed E-state index contributed by atoms with van der Waals surface area (Å²) >= 11 is 5.99. The van der Waals surface area contributed by atoms with E-state index >= 15 is 0 Å². The molecule has 2 rings (SSSR count). The third-order valence-electron chi connectivity index (χ3n) is 2.33. The van der Waals surface area contributed by atoms with Crippen LogP contribution >= 0.6 is 11.6 Å². The summed E-state index contributed by atoms with van der Waals surface area (Å²) in [4.78, 5) is 6.47. The summed E-state index contributed by atoms with van der Waals surface area (Å²) in [6.07, 6.45) is 3.03. The number of pyridine rings is 1. The fourth-order valence-electron chi connectivity index (χ4n) is 1.42. The van der Waals surface area contributed by atoms with E-state index in [4.69, 9.17) is 11.6 Å². The SMILES string of the molecule is CC1CCN1c1ncccc1Cl. The Morgan fingerprint density at radius 3 is 3.00 bits per heavy atom. The van der Waals surface area contributed by atoms with Crippen molar-refractivity contribution in [3.05, 3.63) is 23.4 Å². The molecule has 12 heavy (non-hydrogen) atoms. The van der Waals surface area contributed by atoms with Gasteiger partial charge in [0.25, 0.3) is 0 Å². The second-order valence-corrected chi connectivity index (χ2v) is 3.55. The molecule has 0 aliphatic carbocycles. The van der Waals surface area contributed by atoms with Crippen molar-refractivity contribution in [1.82, 2.24) is 4.98 Å². The Kier molecular flexibility index (Phi) is 1.93. The van der Waals surface area contributed by atoms with Gasteiger partial charge in [0.1, 0.15) is 5.82 Å². The predicted molar refractivity (Wildman–Crippen MR) is 50.7 cm³/mol. The first-order valence-corrected chi connectivity index (χ1v) is 4.54. The second kappa shape index (κ2) is 2.94. The fraction of sp³-hybridized carbons (Fsp3) is 0.444. The minimum absolute atomic E-state index is 0.595. The first kappa shape index (κ1) is 7.87. The molecule has 1 aromatic rings. The van der Waals surface area contributed by atoms with E-state index in [1.54, 1.807) is 6.20 Å². The van der Waals surface area contributed by atoms with Crippen LogP contribution in [0.2, 0.25) is 5.02 Å². The van der Waals surface area contributed by atoms with Gasteiger partial charge in [-0.25, -0.2) is 4.98 Å². The third-order valence-corrected chi connectivity index (χ3v) is 2.63. The highest BCUT2D eigenvalue weighted by Crippen LogP contribution is 2.29. The van der Waals surface area contributed by atoms with Crippen LogP contribution in [0.15, 0.2) is 18.3 Å². The number of nitrogens with zero attached hydrogens (tertiary/aromatic N) is 2. The Labute approximate surface area is 77.2 Å². The van der Waals surface area contributed by atoms with Crippen molar-refractivity contribution in [1.29, 1.82) is 0 Å². The van der Waals surface area contributed by atoms with Gasteiger partial charge in [0.15, 0.2) is 0 Å². The summed E-state index contributed by atoms with van der Waals surface area (Å²) in [6.45, 7) is 3.27. The van der Waals surface area contributed by atoms with E-state index in [0.29, 0.717) is 6.04 Å². The fourth-order valence-corrected chi connectivity index (χ4v) is 1.65. The molecule has 1 unspecified atom stereocenters. The molecular formula is C9H11ClN2. The lowest BCUT2D eigenvalue weighted by Gasteiger charge is -2.40. The summed E-state index contributed by atoms with van der Waals surface area (Å²) in [7, 11) is 0. The van der Waals surface area contributed by atoms with Crippen LogP contribution in [-0.2, 0) is 0 Å². The first-order chi connectivity index (χ1) is 5.79. The summed E-state index contributed by atoms with van der Waals surface area (Å²) in [5, 5.41) is 0.754. The molecule has 0 amide bonds. The van der Waals surface area contributed by atoms with Crippen LogP contribution in [0.4, 0.5) is 5.82 Å². The molecule has 1 aliphatic rings. The van der Waals surface area contributed by atoms with Gasteiger partial charge in [0.05, 0.1) is 5.02 Å². The summed E-state index contributed by atoms with van der Waals surface area (Å²) < 4.78 is 0. The normalized spacial score (nSPS) is 22.2. The van der Waals surface area contributed by atoms with E-state index in [-0.39, 0.29) is 0 Å². The van der Waals surface area contributed by atoms with Gasteiger partial charge in [-0.2, -0.15) is 0 Å². The van der Waals surface area contributed by atoms with Gasteiger partial charge in [-0.1, -0.05) is 11.6 Å². The third kappa shape index (κ3) is 1.16. The van der Waals surface area contributed by atoms with Crippen molar-refractivity contribution in [2.75, 3.05) is 11.4 Å². The van der Waals surface area contributed by atoms with Crippen LogP contribution in [-0.4, -0.2) is 17.6 Å². The van der Waals surface area contributed by atoms with E-state index < -0.39 is 0 Å². The maximum atomic E-state index is 5.99. The Bertz CT molecular complexity index is 288. The standard InChI is InChI=1S/C9H11ClN2/c1-7-4-6-12(7)9-8(10)3-2-5-11-9/h2-3,5,7H,4,6H2,1H3. The molecule has 0 bridgehead atoms. The smallest absolute Gasteiger partial charge is 0.147 e. The van der Waals surface area contributed by atoms with Gasteiger partial charge >= 0.3 is 0 Å². The lowest BCUT2D eigenvalue weighted by atomic mass is 10.1. The quantitative estimate of drug-likeness (QED) is 0.663. The average Bonchev–Trinajstić information content (AvgIpc) is 2.06. The van der Waals surface area contributed by atoms with Gasteiger partial charge < -0.3 is 4.90 Å². The second-order valence-electron chi connectivity index (χ2n) is 3.14. The molecule has 0 aromatic carbocycles. The number of halogens is 1. The zero-order chi connectivity index (χ0) is 8.55. The number of aromatic nitrogens is 1. The van der Waals surface area contributed by atoms with Crippen molar-refractivity contribution < 1.29 is 0 Å². The van der Waals surface area contributed by atoms with Crippen LogP contribution in [0.3, 0.4) is 0 Å². The molecule has 1 saturated heterocycles. The molecule has 2 nitrogen and oxygen atoms in total. The molecule has 1 fully saturated rings. The minimum Gasteiger partial charge on any atom is -0.353 e. The van der Waals surface area contributed by atoms with Gasteiger partial charge in [0.2, 0.25) is 0 Å². The van der Waals surface area contributed by atoms with Crippen LogP contribution in [0, 0.1) is 0 Å². The Hall–Kier alpha value is -0.760. The predicted octanol–water partition coefficient (Wildman–Crippen LogP) is 2.33. The molecule has 1 aliphatic heterocycles. The van der Waals surface area contributed by atoms with Crippen LogP contribution < -0.4 is 4.90 Å². The Morgan fingerprint density at radius 2 is 2.50 bits per heavy atom. The topological polar surface area (TPSA) is 16.1 Å². The van der Waals surface area contributed by atoms with E-state index in [2.05, 4.69) is 16.8 Å². The van der Waals surface area contributed by atoms with Crippen LogP contribution in [0.25, 0.3) is 0 Å². The average molecular weight is 183 g/mol. The minimum atomic E-state index is 0.595. The summed E-state index contributed by atoms with van der Waals surface area (Å²) in [6, 6.07) is 4.34. The van der Waals surface area contributed by atoms with Gasteiger partial charge in [-0.15, -0.1) is 0 Å². The van der Waals surface area contributed by atoms with Crippen molar-refractivity contribution in [2.45, 2.75) is 19.4 Å². The molecule has 0 spiro atoms. The number of anilines is 1. The molecule has 0 saturated carbocycles. The molecule has 2 heterocycles. The summed E-state index contributed by atoms with van der Waals surface area (Å²) in [5.74, 6) is 0.929. The lowest BCUT2D eigenvalue weighted by molar-refractivity contribution is 0.476. The molecule has 1 atom stereocenters. The monoisotopic (exact) mass is 182 g/mol. The lowest BCUT2D eigenvalue weighted by Crippen LogP contribution is -2.46.